The summed E-state index contributed by atoms with van der Waals surface area (Å²) in [6.07, 6.45) is 3.98. The molecule has 0 aromatic heterocycles. The number of hydrogen-bond acceptors (Lipinski definition) is 3. The van der Waals surface area contributed by atoms with Crippen molar-refractivity contribution < 1.29 is 19.5 Å². The van der Waals surface area contributed by atoms with Crippen LogP contribution in [0.4, 0.5) is 4.79 Å². The SMILES string of the molecule is CCC(CC[C@@](C)(CC)NC(=O)N[C@]1(C)CC[C@H](C(C)=O)C1(C)C)C(=O)O. The van der Waals surface area contributed by atoms with E-state index in [1.165, 1.54) is 0 Å². The second kappa shape index (κ2) is 8.61. The van der Waals surface area contributed by atoms with Gasteiger partial charge >= 0.3 is 12.0 Å². The van der Waals surface area contributed by atoms with E-state index in [1.807, 2.05) is 41.5 Å². The Kier molecular flexibility index (Phi) is 7.48. The van der Waals surface area contributed by atoms with E-state index in [4.69, 9.17) is 0 Å². The molecule has 1 saturated carbocycles. The molecular formula is C21H38N2O4. The number of ketones is 1. The third kappa shape index (κ3) is 5.23. The van der Waals surface area contributed by atoms with Gasteiger partial charge < -0.3 is 15.7 Å². The van der Waals surface area contributed by atoms with Crippen molar-refractivity contribution >= 4 is 17.8 Å². The van der Waals surface area contributed by atoms with Gasteiger partial charge in [-0.25, -0.2) is 4.79 Å². The van der Waals surface area contributed by atoms with Crippen LogP contribution >= 0.6 is 0 Å². The summed E-state index contributed by atoms with van der Waals surface area (Å²) in [6, 6.07) is -0.248. The molecule has 4 atom stereocenters. The predicted octanol–water partition coefficient (Wildman–Crippen LogP) is 4.13. The number of nitrogens with one attached hydrogen (secondary N) is 2. The monoisotopic (exact) mass is 382 g/mol. The zero-order chi connectivity index (χ0) is 21.0. The maximum Gasteiger partial charge on any atom is 0.315 e. The summed E-state index contributed by atoms with van der Waals surface area (Å²) in [4.78, 5) is 36.0. The largest absolute Gasteiger partial charge is 0.481 e. The fraction of sp³-hybridized carbons (Fsp3) is 0.857. The summed E-state index contributed by atoms with van der Waals surface area (Å²) >= 11 is 0. The Hall–Kier alpha value is -1.59. The Labute approximate surface area is 163 Å². The lowest BCUT2D eigenvalue weighted by Gasteiger charge is -2.42. The molecule has 1 aliphatic carbocycles. The van der Waals surface area contributed by atoms with Gasteiger partial charge in [-0.2, -0.15) is 0 Å². The molecule has 3 N–H and O–H groups in total. The first-order valence-corrected chi connectivity index (χ1v) is 10.2. The number of urea groups is 1. The summed E-state index contributed by atoms with van der Waals surface area (Å²) in [5.74, 6) is -1.05. The second-order valence-electron chi connectivity index (χ2n) is 9.23. The number of carboxylic acids is 1. The lowest BCUT2D eigenvalue weighted by molar-refractivity contribution is -0.142. The van der Waals surface area contributed by atoms with Gasteiger partial charge in [-0.3, -0.25) is 9.59 Å². The average Bonchev–Trinajstić information content (AvgIpc) is 2.77. The quantitative estimate of drug-likeness (QED) is 0.559. The molecule has 1 aliphatic rings. The molecule has 0 heterocycles. The Balaban J connectivity index is 2.78. The Morgan fingerprint density at radius 3 is 2.22 bits per heavy atom. The molecule has 27 heavy (non-hydrogen) atoms. The minimum atomic E-state index is -0.782. The first-order valence-electron chi connectivity index (χ1n) is 10.2. The summed E-state index contributed by atoms with van der Waals surface area (Å²) in [5, 5.41) is 15.4. The molecule has 0 aliphatic heterocycles. The molecular weight excluding hydrogens is 344 g/mol. The van der Waals surface area contributed by atoms with Gasteiger partial charge in [0.15, 0.2) is 0 Å². The first kappa shape index (κ1) is 23.4. The van der Waals surface area contributed by atoms with Crippen LogP contribution in [0.2, 0.25) is 0 Å². The standard InChI is InChI=1S/C21H38N2O4/c1-8-15(17(25)26)10-12-20(6,9-2)22-18(27)23-21(7)13-11-16(14(3)24)19(21,4)5/h15-16H,8-13H2,1-7H3,(H,25,26)(H2,22,23,27)/t15?,16-,20-,21-/m1/s1. The number of carbonyl (C=O) groups excluding carboxylic acids is 2. The smallest absolute Gasteiger partial charge is 0.315 e. The van der Waals surface area contributed by atoms with Crippen LogP contribution in [-0.2, 0) is 9.59 Å². The van der Waals surface area contributed by atoms with Crippen LogP contribution in [0, 0.1) is 17.3 Å². The number of rotatable bonds is 9. The Morgan fingerprint density at radius 2 is 1.81 bits per heavy atom. The average molecular weight is 383 g/mol. The fourth-order valence-electron chi connectivity index (χ4n) is 4.31. The maximum absolute atomic E-state index is 12.8. The third-order valence-corrected chi connectivity index (χ3v) is 7.19. The molecule has 1 unspecified atom stereocenters. The zero-order valence-electron chi connectivity index (χ0n) is 18.1. The summed E-state index contributed by atoms with van der Waals surface area (Å²) in [7, 11) is 0. The Bertz CT molecular complexity index is 575. The summed E-state index contributed by atoms with van der Waals surface area (Å²) in [6.45, 7) is 13.6. The van der Waals surface area contributed by atoms with E-state index in [1.54, 1.807) is 6.92 Å². The van der Waals surface area contributed by atoms with Gasteiger partial charge in [0.05, 0.1) is 5.92 Å². The van der Waals surface area contributed by atoms with Crippen LogP contribution in [0.15, 0.2) is 0 Å². The molecule has 156 valence electrons. The van der Waals surface area contributed by atoms with E-state index in [0.717, 1.165) is 12.8 Å². The van der Waals surface area contributed by atoms with Crippen molar-refractivity contribution in [2.75, 3.05) is 0 Å². The van der Waals surface area contributed by atoms with Gasteiger partial charge in [0, 0.05) is 17.0 Å². The highest BCUT2D eigenvalue weighted by atomic mass is 16.4. The second-order valence-corrected chi connectivity index (χ2v) is 9.23. The highest BCUT2D eigenvalue weighted by Crippen LogP contribution is 2.50. The molecule has 1 fully saturated rings. The van der Waals surface area contributed by atoms with Crippen LogP contribution in [0.1, 0.15) is 87.0 Å². The molecule has 0 aromatic rings. The molecule has 0 bridgehead atoms. The number of amides is 2. The third-order valence-electron chi connectivity index (χ3n) is 7.19. The van der Waals surface area contributed by atoms with Gasteiger partial charge in [0.25, 0.3) is 0 Å². The number of Topliss-reactive ketones (excluding diaryl/α,β-unsaturated/α-hetero) is 1. The van der Waals surface area contributed by atoms with Crippen molar-refractivity contribution in [2.24, 2.45) is 17.3 Å². The van der Waals surface area contributed by atoms with Crippen LogP contribution < -0.4 is 10.6 Å². The molecule has 0 radical (unpaired) electrons. The first-order chi connectivity index (χ1) is 12.3. The van der Waals surface area contributed by atoms with Gasteiger partial charge in [-0.15, -0.1) is 0 Å². The summed E-state index contributed by atoms with van der Waals surface area (Å²) in [5.41, 5.74) is -1.25. The van der Waals surface area contributed by atoms with Crippen molar-refractivity contribution in [2.45, 2.75) is 98.1 Å². The van der Waals surface area contributed by atoms with Crippen LogP contribution in [0.3, 0.4) is 0 Å². The van der Waals surface area contributed by atoms with Crippen molar-refractivity contribution in [1.82, 2.24) is 10.6 Å². The fourth-order valence-corrected chi connectivity index (χ4v) is 4.31. The van der Waals surface area contributed by atoms with Gasteiger partial charge in [0.2, 0.25) is 0 Å². The molecule has 6 nitrogen and oxygen atoms in total. The Morgan fingerprint density at radius 1 is 1.22 bits per heavy atom. The highest BCUT2D eigenvalue weighted by molar-refractivity contribution is 5.81. The molecule has 2 amide bonds. The number of hydrogen-bond donors (Lipinski definition) is 3. The van der Waals surface area contributed by atoms with Gasteiger partial charge in [-0.05, 0) is 64.7 Å². The van der Waals surface area contributed by atoms with Crippen LogP contribution in [-0.4, -0.2) is 34.0 Å². The number of aliphatic carboxylic acids is 1. The lowest BCUT2D eigenvalue weighted by atomic mass is 9.70. The maximum atomic E-state index is 12.8. The van der Waals surface area contributed by atoms with E-state index in [0.29, 0.717) is 25.7 Å². The summed E-state index contributed by atoms with van der Waals surface area (Å²) < 4.78 is 0. The zero-order valence-corrected chi connectivity index (χ0v) is 18.1. The normalized spacial score (nSPS) is 27.4. The number of carboxylic acid groups (broad SMARTS) is 1. The van der Waals surface area contributed by atoms with E-state index >= 15 is 0 Å². The van der Waals surface area contributed by atoms with E-state index in [2.05, 4.69) is 10.6 Å². The molecule has 6 heteroatoms. The molecule has 0 spiro atoms. The van der Waals surface area contributed by atoms with Crippen LogP contribution in [0.5, 0.6) is 0 Å². The highest BCUT2D eigenvalue weighted by Gasteiger charge is 2.54. The minimum absolute atomic E-state index is 0.0544. The molecule has 0 saturated heterocycles. The minimum Gasteiger partial charge on any atom is -0.481 e. The predicted molar refractivity (Wildman–Crippen MR) is 107 cm³/mol. The van der Waals surface area contributed by atoms with Crippen LogP contribution in [0.25, 0.3) is 0 Å². The van der Waals surface area contributed by atoms with Gasteiger partial charge in [0.1, 0.15) is 5.78 Å². The lowest BCUT2D eigenvalue weighted by Crippen LogP contribution is -2.60. The van der Waals surface area contributed by atoms with E-state index in [9.17, 15) is 19.5 Å². The van der Waals surface area contributed by atoms with E-state index in [-0.39, 0.29) is 29.1 Å². The number of carbonyl (C=O) groups is 3. The molecule has 1 rings (SSSR count). The van der Waals surface area contributed by atoms with E-state index < -0.39 is 17.0 Å². The van der Waals surface area contributed by atoms with Gasteiger partial charge in [-0.1, -0.05) is 27.7 Å². The van der Waals surface area contributed by atoms with Crippen molar-refractivity contribution in [3.05, 3.63) is 0 Å². The van der Waals surface area contributed by atoms with Crippen molar-refractivity contribution in [3.8, 4) is 0 Å². The molecule has 0 aromatic carbocycles. The van der Waals surface area contributed by atoms with Crippen molar-refractivity contribution in [1.29, 1.82) is 0 Å². The van der Waals surface area contributed by atoms with Crippen molar-refractivity contribution in [3.63, 3.8) is 0 Å². The topological polar surface area (TPSA) is 95.5 Å².